The Bertz CT molecular complexity index is 1690. The topological polar surface area (TPSA) is 167 Å². The van der Waals surface area contributed by atoms with Crippen LogP contribution in [0.5, 0.6) is 5.75 Å². The number of esters is 1. The number of H-pyrrole nitrogens is 1. The van der Waals surface area contributed by atoms with Gasteiger partial charge in [-0.05, 0) is 63.4 Å². The molecule has 4 heterocycles. The maximum absolute atomic E-state index is 13.5. The summed E-state index contributed by atoms with van der Waals surface area (Å²) in [6.45, 7) is 7.26. The lowest BCUT2D eigenvalue weighted by Crippen LogP contribution is -2.52. The molecule has 14 nitrogen and oxygen atoms in total. The average Bonchev–Trinajstić information content (AvgIpc) is 3.73. The summed E-state index contributed by atoms with van der Waals surface area (Å²) in [4.78, 5) is 54.2. The van der Waals surface area contributed by atoms with Gasteiger partial charge >= 0.3 is 12.1 Å². The molecule has 2 atom stereocenters. The number of aromatic nitrogens is 3. The molecule has 2 aliphatic rings. The van der Waals surface area contributed by atoms with Gasteiger partial charge in [0.2, 0.25) is 5.91 Å². The Labute approximate surface area is 278 Å². The second-order valence-corrected chi connectivity index (χ2v) is 13.9. The molecule has 2 amide bonds. The summed E-state index contributed by atoms with van der Waals surface area (Å²) in [5.41, 5.74) is 0.564. The Morgan fingerprint density at radius 3 is 2.49 bits per heavy atom. The van der Waals surface area contributed by atoms with Crippen molar-refractivity contribution in [3.63, 3.8) is 0 Å². The van der Waals surface area contributed by atoms with Gasteiger partial charge in [-0.1, -0.05) is 23.7 Å². The predicted octanol–water partition coefficient (Wildman–Crippen LogP) is 2.92. The van der Waals surface area contributed by atoms with Crippen LogP contribution in [-0.2, 0) is 30.8 Å². The first-order chi connectivity index (χ1) is 22.4. The molecular formula is C31H38ClN7O7S. The summed E-state index contributed by atoms with van der Waals surface area (Å²) in [5, 5.41) is 2.75. The van der Waals surface area contributed by atoms with Crippen LogP contribution in [0.4, 0.5) is 10.6 Å². The Kier molecular flexibility index (Phi) is 10.7. The standard InChI is InChI=1S/C31H38ClN7O7S/c1-20(2)45-30(41)24(36-29(40)25-7-6-12-39(25)47(43,44)28-19-34-21(3)35-28)18-22-9-10-26(23(32)17-22)46-31(42)38-15-13-37(14-16-38)27-8-4-5-11-33-27/h4-5,8-11,17,19-20,24-25H,6-7,12-16,18H2,1-3H3,(H,34,35)(H,36,40)/t24-,25-/m0/s1. The average molecular weight is 688 g/mol. The minimum Gasteiger partial charge on any atom is -0.461 e. The molecule has 2 N–H and O–H groups in total. The van der Waals surface area contributed by atoms with Crippen LogP contribution in [0, 0.1) is 6.92 Å². The zero-order chi connectivity index (χ0) is 33.7. The first-order valence-corrected chi connectivity index (χ1v) is 17.2. The molecule has 5 rings (SSSR count). The number of carbonyl (C=O) groups is 3. The number of aromatic amines is 1. The largest absolute Gasteiger partial charge is 0.461 e. The van der Waals surface area contributed by atoms with Gasteiger partial charge in [0.15, 0.2) is 10.8 Å². The third-order valence-corrected chi connectivity index (χ3v) is 9.98. The number of nitrogens with one attached hydrogen (secondary N) is 2. The summed E-state index contributed by atoms with van der Waals surface area (Å²) < 4.78 is 38.7. The summed E-state index contributed by atoms with van der Waals surface area (Å²) in [6.07, 6.45) is 2.72. The van der Waals surface area contributed by atoms with Crippen molar-refractivity contribution in [2.45, 2.75) is 63.2 Å². The monoisotopic (exact) mass is 687 g/mol. The zero-order valence-corrected chi connectivity index (χ0v) is 28.0. The number of piperazine rings is 1. The second kappa shape index (κ2) is 14.7. The highest BCUT2D eigenvalue weighted by Gasteiger charge is 2.41. The number of rotatable bonds is 10. The highest BCUT2D eigenvalue weighted by Crippen LogP contribution is 2.28. The number of aryl methyl sites for hydroxylation is 1. The Morgan fingerprint density at radius 2 is 1.85 bits per heavy atom. The van der Waals surface area contributed by atoms with Crippen LogP contribution in [-0.4, -0.2) is 101 Å². The molecule has 2 aromatic heterocycles. The number of halogens is 1. The Balaban J connectivity index is 1.23. The van der Waals surface area contributed by atoms with Gasteiger partial charge in [-0.3, -0.25) is 4.79 Å². The fourth-order valence-electron chi connectivity index (χ4n) is 5.53. The van der Waals surface area contributed by atoms with E-state index in [4.69, 9.17) is 21.1 Å². The summed E-state index contributed by atoms with van der Waals surface area (Å²) in [7, 11) is -4.02. The Morgan fingerprint density at radius 1 is 1.09 bits per heavy atom. The molecule has 47 heavy (non-hydrogen) atoms. The van der Waals surface area contributed by atoms with Gasteiger partial charge in [0.1, 0.15) is 23.7 Å². The molecule has 0 radical (unpaired) electrons. The van der Waals surface area contributed by atoms with Crippen molar-refractivity contribution in [2.75, 3.05) is 37.6 Å². The van der Waals surface area contributed by atoms with Crippen LogP contribution in [0.3, 0.4) is 0 Å². The van der Waals surface area contributed by atoms with E-state index >= 15 is 0 Å². The minimum atomic E-state index is -4.02. The van der Waals surface area contributed by atoms with Crippen LogP contribution in [0.25, 0.3) is 0 Å². The SMILES string of the molecule is Cc1ncc(S(=O)(=O)N2CCC[C@H]2C(=O)N[C@@H](Cc2ccc(OC(=O)N3CCN(c4ccccn4)CC3)c(Cl)c2)C(=O)OC(C)C)[nH]1. The zero-order valence-electron chi connectivity index (χ0n) is 26.4. The number of benzene rings is 1. The van der Waals surface area contributed by atoms with E-state index in [-0.39, 0.29) is 35.2 Å². The van der Waals surface area contributed by atoms with Crippen LogP contribution >= 0.6 is 11.6 Å². The third-order valence-electron chi connectivity index (χ3n) is 7.87. The molecule has 3 aromatic rings. The number of ether oxygens (including phenoxy) is 2. The normalized spacial score (nSPS) is 17.9. The smallest absolute Gasteiger partial charge is 0.415 e. The summed E-state index contributed by atoms with van der Waals surface area (Å²) in [6, 6.07) is 8.26. The molecule has 2 saturated heterocycles. The number of hydrogen-bond acceptors (Lipinski definition) is 10. The molecule has 1 aromatic carbocycles. The van der Waals surface area contributed by atoms with E-state index in [0.29, 0.717) is 44.0 Å². The number of anilines is 1. The van der Waals surface area contributed by atoms with Crippen molar-refractivity contribution in [3.05, 3.63) is 65.2 Å². The molecule has 252 valence electrons. The molecule has 2 aliphatic heterocycles. The van der Waals surface area contributed by atoms with Crippen molar-refractivity contribution >= 4 is 45.4 Å². The van der Waals surface area contributed by atoms with Gasteiger partial charge in [0.25, 0.3) is 10.0 Å². The van der Waals surface area contributed by atoms with Gasteiger partial charge < -0.3 is 29.6 Å². The van der Waals surface area contributed by atoms with E-state index in [1.165, 1.54) is 12.3 Å². The first kappa shape index (κ1) is 34.1. The number of sulfonamides is 1. The van der Waals surface area contributed by atoms with Crippen molar-refractivity contribution in [1.29, 1.82) is 0 Å². The van der Waals surface area contributed by atoms with Gasteiger partial charge in [-0.25, -0.2) is 28.0 Å². The first-order valence-electron chi connectivity index (χ1n) is 15.4. The van der Waals surface area contributed by atoms with Crippen molar-refractivity contribution in [3.8, 4) is 5.75 Å². The molecule has 2 fully saturated rings. The molecule has 0 aliphatic carbocycles. The molecular weight excluding hydrogens is 650 g/mol. The fourth-order valence-corrected chi connectivity index (χ4v) is 7.39. The number of carbonyl (C=O) groups excluding carboxylic acids is 3. The molecule has 0 saturated carbocycles. The maximum atomic E-state index is 13.5. The fraction of sp³-hybridized carbons (Fsp3) is 0.452. The number of imidazole rings is 1. The lowest BCUT2D eigenvalue weighted by Gasteiger charge is -2.34. The maximum Gasteiger partial charge on any atom is 0.415 e. The van der Waals surface area contributed by atoms with Gasteiger partial charge in [-0.15, -0.1) is 0 Å². The minimum absolute atomic E-state index is 0.0000655. The van der Waals surface area contributed by atoms with Gasteiger partial charge in [0, 0.05) is 45.3 Å². The second-order valence-electron chi connectivity index (χ2n) is 11.7. The number of nitrogens with zero attached hydrogens (tertiary/aromatic N) is 5. The van der Waals surface area contributed by atoms with Crippen molar-refractivity contribution < 1.29 is 32.3 Å². The van der Waals surface area contributed by atoms with E-state index in [0.717, 1.165) is 10.1 Å². The predicted molar refractivity (Wildman–Crippen MR) is 173 cm³/mol. The third kappa shape index (κ3) is 8.21. The summed E-state index contributed by atoms with van der Waals surface area (Å²) >= 11 is 6.50. The van der Waals surface area contributed by atoms with Crippen LogP contribution in [0.2, 0.25) is 5.02 Å². The van der Waals surface area contributed by atoms with E-state index in [1.807, 2.05) is 18.2 Å². The number of pyridine rings is 1. The van der Waals surface area contributed by atoms with Crippen LogP contribution in [0.1, 0.15) is 38.1 Å². The van der Waals surface area contributed by atoms with Crippen LogP contribution in [0.15, 0.2) is 53.8 Å². The van der Waals surface area contributed by atoms with Crippen molar-refractivity contribution in [2.24, 2.45) is 0 Å². The quantitative estimate of drug-likeness (QED) is 0.303. The number of amides is 2. The van der Waals surface area contributed by atoms with E-state index in [1.54, 1.807) is 44.0 Å². The van der Waals surface area contributed by atoms with Crippen LogP contribution < -0.4 is 15.0 Å². The lowest BCUT2D eigenvalue weighted by atomic mass is 10.0. The molecule has 16 heteroatoms. The molecule has 0 bridgehead atoms. The Hall–Kier alpha value is -4.21. The van der Waals surface area contributed by atoms with Crippen molar-refractivity contribution in [1.82, 2.24) is 29.5 Å². The summed E-state index contributed by atoms with van der Waals surface area (Å²) in [5.74, 6) is 0.132. The van der Waals surface area contributed by atoms with E-state index in [2.05, 4.69) is 25.2 Å². The lowest BCUT2D eigenvalue weighted by molar-refractivity contribution is -0.151. The highest BCUT2D eigenvalue weighted by atomic mass is 35.5. The molecule has 0 unspecified atom stereocenters. The van der Waals surface area contributed by atoms with Gasteiger partial charge in [0.05, 0.1) is 17.3 Å². The van der Waals surface area contributed by atoms with E-state index in [9.17, 15) is 22.8 Å². The number of hydrogen-bond donors (Lipinski definition) is 2. The molecule has 0 spiro atoms. The van der Waals surface area contributed by atoms with Gasteiger partial charge in [-0.2, -0.15) is 4.31 Å². The van der Waals surface area contributed by atoms with E-state index < -0.39 is 46.2 Å². The highest BCUT2D eigenvalue weighted by molar-refractivity contribution is 7.89.